The minimum absolute atomic E-state index is 0.0908. The van der Waals surface area contributed by atoms with E-state index in [1.807, 2.05) is 20.8 Å². The second-order valence-corrected chi connectivity index (χ2v) is 4.69. The highest BCUT2D eigenvalue weighted by Gasteiger charge is 2.14. The lowest BCUT2D eigenvalue weighted by atomic mass is 10.1. The van der Waals surface area contributed by atoms with Crippen molar-refractivity contribution in [2.45, 2.75) is 53.0 Å². The van der Waals surface area contributed by atoms with E-state index in [1.165, 1.54) is 0 Å². The molecule has 0 saturated carbocycles. The van der Waals surface area contributed by atoms with Crippen LogP contribution in [0.5, 0.6) is 0 Å². The second kappa shape index (κ2) is 6.38. The molecule has 18 heavy (non-hydrogen) atoms. The zero-order chi connectivity index (χ0) is 13.7. The average molecular weight is 250 g/mol. The van der Waals surface area contributed by atoms with E-state index in [0.717, 1.165) is 30.5 Å². The van der Waals surface area contributed by atoms with E-state index in [4.69, 9.17) is 0 Å². The third-order valence-corrected chi connectivity index (χ3v) is 3.04. The summed E-state index contributed by atoms with van der Waals surface area (Å²) in [4.78, 5) is 26.6. The highest BCUT2D eigenvalue weighted by molar-refractivity contribution is 5.94. The molecule has 0 spiro atoms. The Morgan fingerprint density at radius 3 is 2.67 bits per heavy atom. The van der Waals surface area contributed by atoms with Crippen molar-refractivity contribution in [1.29, 1.82) is 0 Å². The number of hydrogen-bond acceptors (Lipinski definition) is 2. The van der Waals surface area contributed by atoms with E-state index in [1.54, 1.807) is 6.07 Å². The molecule has 0 fully saturated rings. The van der Waals surface area contributed by atoms with Crippen LogP contribution < -0.4 is 10.9 Å². The van der Waals surface area contributed by atoms with Crippen LogP contribution in [-0.4, -0.2) is 16.9 Å². The van der Waals surface area contributed by atoms with Crippen LogP contribution in [-0.2, 0) is 6.42 Å². The molecule has 1 aromatic rings. The monoisotopic (exact) mass is 250 g/mol. The number of aryl methyl sites for hydroxylation is 2. The Kier molecular flexibility index (Phi) is 5.13. The van der Waals surface area contributed by atoms with E-state index in [-0.39, 0.29) is 23.1 Å². The van der Waals surface area contributed by atoms with Gasteiger partial charge in [-0.15, -0.1) is 0 Å². The van der Waals surface area contributed by atoms with Crippen LogP contribution in [0.25, 0.3) is 0 Å². The van der Waals surface area contributed by atoms with Crippen LogP contribution in [0.15, 0.2) is 10.9 Å². The lowest BCUT2D eigenvalue weighted by molar-refractivity contribution is 0.0936. The van der Waals surface area contributed by atoms with Crippen molar-refractivity contribution >= 4 is 5.91 Å². The van der Waals surface area contributed by atoms with Crippen LogP contribution in [0.2, 0.25) is 0 Å². The van der Waals surface area contributed by atoms with Crippen molar-refractivity contribution < 1.29 is 4.79 Å². The maximum atomic E-state index is 12.0. The molecule has 0 aromatic carbocycles. The van der Waals surface area contributed by atoms with Gasteiger partial charge in [0.05, 0.1) is 0 Å². The Morgan fingerprint density at radius 1 is 1.44 bits per heavy atom. The van der Waals surface area contributed by atoms with Gasteiger partial charge in [-0.25, -0.2) is 0 Å². The van der Waals surface area contributed by atoms with Crippen molar-refractivity contribution in [3.63, 3.8) is 0 Å². The highest BCUT2D eigenvalue weighted by atomic mass is 16.2. The summed E-state index contributed by atoms with van der Waals surface area (Å²) in [6.45, 7) is 7.89. The van der Waals surface area contributed by atoms with Crippen LogP contribution in [0.3, 0.4) is 0 Å². The van der Waals surface area contributed by atoms with Crippen LogP contribution >= 0.6 is 0 Å². The second-order valence-electron chi connectivity index (χ2n) is 4.69. The first-order valence-corrected chi connectivity index (χ1v) is 6.53. The third kappa shape index (κ3) is 3.45. The van der Waals surface area contributed by atoms with Crippen molar-refractivity contribution in [3.05, 3.63) is 33.2 Å². The number of amides is 1. The van der Waals surface area contributed by atoms with E-state index in [9.17, 15) is 9.59 Å². The van der Waals surface area contributed by atoms with Gasteiger partial charge in [0.2, 0.25) is 0 Å². The molecular weight excluding hydrogens is 228 g/mol. The standard InChI is InChI=1S/C14H22N2O2/c1-5-7-10(4)15-13(17)11-8-9(3)12(6-2)16-14(11)18/h8,10H,5-7H2,1-4H3,(H,15,17)(H,16,18)/t10-/m0/s1. The molecular formula is C14H22N2O2. The van der Waals surface area contributed by atoms with E-state index >= 15 is 0 Å². The Hall–Kier alpha value is -1.58. The summed E-state index contributed by atoms with van der Waals surface area (Å²) in [6, 6.07) is 1.76. The molecule has 2 N–H and O–H groups in total. The minimum Gasteiger partial charge on any atom is -0.349 e. The first-order chi connectivity index (χ1) is 8.49. The van der Waals surface area contributed by atoms with Gasteiger partial charge in [-0.1, -0.05) is 20.3 Å². The number of pyridine rings is 1. The van der Waals surface area contributed by atoms with Gasteiger partial charge in [-0.3, -0.25) is 9.59 Å². The average Bonchev–Trinajstić information content (AvgIpc) is 2.31. The Morgan fingerprint density at radius 2 is 2.11 bits per heavy atom. The molecule has 0 aliphatic rings. The van der Waals surface area contributed by atoms with Crippen LogP contribution in [0.4, 0.5) is 0 Å². The fourth-order valence-electron chi connectivity index (χ4n) is 2.01. The molecule has 0 saturated heterocycles. The summed E-state index contributed by atoms with van der Waals surface area (Å²) in [5.74, 6) is -0.289. The number of rotatable bonds is 5. The predicted octanol–water partition coefficient (Wildman–Crippen LogP) is 2.16. The van der Waals surface area contributed by atoms with E-state index in [2.05, 4.69) is 17.2 Å². The summed E-state index contributed by atoms with van der Waals surface area (Å²) >= 11 is 0. The first-order valence-electron chi connectivity index (χ1n) is 6.53. The van der Waals surface area contributed by atoms with Gasteiger partial charge >= 0.3 is 0 Å². The van der Waals surface area contributed by atoms with Gasteiger partial charge in [-0.05, 0) is 38.3 Å². The van der Waals surface area contributed by atoms with Crippen molar-refractivity contribution in [1.82, 2.24) is 10.3 Å². The lowest BCUT2D eigenvalue weighted by Crippen LogP contribution is -2.36. The molecule has 0 unspecified atom stereocenters. The quantitative estimate of drug-likeness (QED) is 0.841. The molecule has 0 aliphatic heterocycles. The van der Waals surface area contributed by atoms with E-state index < -0.39 is 0 Å². The summed E-state index contributed by atoms with van der Waals surface area (Å²) in [7, 11) is 0. The molecule has 1 rings (SSSR count). The number of carbonyl (C=O) groups is 1. The number of nitrogens with one attached hydrogen (secondary N) is 2. The first kappa shape index (κ1) is 14.5. The third-order valence-electron chi connectivity index (χ3n) is 3.04. The van der Waals surface area contributed by atoms with Crippen molar-refractivity contribution in [2.75, 3.05) is 0 Å². The molecule has 1 amide bonds. The predicted molar refractivity (Wildman–Crippen MR) is 73.0 cm³/mol. The number of hydrogen-bond donors (Lipinski definition) is 2. The van der Waals surface area contributed by atoms with Gasteiger partial charge in [0.25, 0.3) is 11.5 Å². The van der Waals surface area contributed by atoms with Gasteiger partial charge in [0.1, 0.15) is 5.56 Å². The summed E-state index contributed by atoms with van der Waals surface area (Å²) < 4.78 is 0. The van der Waals surface area contributed by atoms with Crippen molar-refractivity contribution in [3.8, 4) is 0 Å². The SMILES string of the molecule is CCC[C@H](C)NC(=O)c1cc(C)c(CC)[nH]c1=O. The zero-order valence-electron chi connectivity index (χ0n) is 11.6. The fraction of sp³-hybridized carbons (Fsp3) is 0.571. The molecule has 1 aromatic heterocycles. The van der Waals surface area contributed by atoms with Gasteiger partial charge in [0.15, 0.2) is 0 Å². The van der Waals surface area contributed by atoms with Gasteiger partial charge in [-0.2, -0.15) is 0 Å². The van der Waals surface area contributed by atoms with Crippen molar-refractivity contribution in [2.24, 2.45) is 0 Å². The number of carbonyl (C=O) groups excluding carboxylic acids is 1. The molecule has 4 nitrogen and oxygen atoms in total. The maximum absolute atomic E-state index is 12.0. The number of aromatic amines is 1. The fourth-order valence-corrected chi connectivity index (χ4v) is 2.01. The van der Waals surface area contributed by atoms with E-state index in [0.29, 0.717) is 0 Å². The Labute approximate surface area is 108 Å². The minimum atomic E-state index is -0.307. The topological polar surface area (TPSA) is 62.0 Å². The normalized spacial score (nSPS) is 12.2. The Bertz CT molecular complexity index is 477. The smallest absolute Gasteiger partial charge is 0.261 e. The molecule has 0 bridgehead atoms. The molecule has 1 atom stereocenters. The number of H-pyrrole nitrogens is 1. The molecule has 0 aliphatic carbocycles. The van der Waals surface area contributed by atoms with Gasteiger partial charge < -0.3 is 10.3 Å². The molecule has 1 heterocycles. The van der Waals surface area contributed by atoms with Crippen LogP contribution in [0, 0.1) is 6.92 Å². The van der Waals surface area contributed by atoms with Gasteiger partial charge in [0, 0.05) is 11.7 Å². The maximum Gasteiger partial charge on any atom is 0.261 e. The molecule has 4 heteroatoms. The summed E-state index contributed by atoms with van der Waals surface area (Å²) in [5.41, 5.74) is 1.73. The lowest BCUT2D eigenvalue weighted by Gasteiger charge is -2.13. The highest BCUT2D eigenvalue weighted by Crippen LogP contribution is 2.05. The molecule has 0 radical (unpaired) electrons. The summed E-state index contributed by atoms with van der Waals surface area (Å²) in [5, 5.41) is 2.84. The number of aromatic nitrogens is 1. The zero-order valence-corrected chi connectivity index (χ0v) is 11.6. The largest absolute Gasteiger partial charge is 0.349 e. The van der Waals surface area contributed by atoms with Crippen LogP contribution in [0.1, 0.15) is 55.2 Å². The Balaban J connectivity index is 2.93. The molecule has 100 valence electrons. The summed E-state index contributed by atoms with van der Waals surface area (Å²) in [6.07, 6.45) is 2.68.